The summed E-state index contributed by atoms with van der Waals surface area (Å²) in [6.07, 6.45) is 0.841. The number of halogens is 1. The number of aromatic hydroxyl groups is 2. The molecule has 0 bridgehead atoms. The number of hydrogen-bond acceptors (Lipinski definition) is 5. The predicted octanol–water partition coefficient (Wildman–Crippen LogP) is 6.88. The summed E-state index contributed by atoms with van der Waals surface area (Å²) in [6.45, 7) is 16.0. The van der Waals surface area contributed by atoms with Crippen LogP contribution in [0.5, 0.6) is 11.5 Å². The van der Waals surface area contributed by atoms with Crippen LogP contribution in [0.15, 0.2) is 66.7 Å². The van der Waals surface area contributed by atoms with Crippen molar-refractivity contribution in [3.63, 3.8) is 0 Å². The Labute approximate surface area is 245 Å². The van der Waals surface area contributed by atoms with E-state index in [1.807, 2.05) is 24.3 Å². The Hall–Kier alpha value is -3.20. The van der Waals surface area contributed by atoms with E-state index in [0.29, 0.717) is 37.1 Å². The third kappa shape index (κ3) is 9.69. The smallest absolute Gasteiger partial charge is 0.251 e. The topological polar surface area (TPSA) is 90.8 Å². The molecule has 0 heterocycles. The number of carbonyl (C=O) groups is 1. The molecule has 1 atom stereocenters. The first-order valence-corrected chi connectivity index (χ1v) is 17.0. The van der Waals surface area contributed by atoms with E-state index in [1.54, 1.807) is 24.3 Å². The number of carbonyl (C=O) groups excluding carboxylic acids is 1. The quantitative estimate of drug-likeness (QED) is 0.175. The van der Waals surface area contributed by atoms with Crippen LogP contribution in [-0.4, -0.2) is 43.1 Å². The molecule has 4 N–H and O–H groups in total. The van der Waals surface area contributed by atoms with Gasteiger partial charge in [0, 0.05) is 30.3 Å². The minimum absolute atomic E-state index is 0.00545. The van der Waals surface area contributed by atoms with Gasteiger partial charge in [0.15, 0.2) is 8.32 Å². The molecule has 0 aliphatic heterocycles. The molecule has 222 valence electrons. The Morgan fingerprint density at radius 1 is 0.927 bits per heavy atom. The molecule has 0 aliphatic carbocycles. The normalized spacial score (nSPS) is 13.2. The summed E-state index contributed by atoms with van der Waals surface area (Å²) in [4.78, 5) is 12.8. The highest BCUT2D eigenvalue weighted by atomic mass is 28.4. The minimum atomic E-state index is -2.18. The highest BCUT2D eigenvalue weighted by molar-refractivity contribution is 6.74. The van der Waals surface area contributed by atoms with Crippen molar-refractivity contribution in [2.75, 3.05) is 13.1 Å². The Bertz CT molecular complexity index is 1320. The maximum absolute atomic E-state index is 13.4. The van der Waals surface area contributed by atoms with Gasteiger partial charge in [-0.3, -0.25) is 4.79 Å². The second kappa shape index (κ2) is 13.2. The van der Waals surface area contributed by atoms with Crippen LogP contribution < -0.4 is 10.6 Å². The van der Waals surface area contributed by atoms with E-state index in [1.165, 1.54) is 18.2 Å². The van der Waals surface area contributed by atoms with Crippen molar-refractivity contribution in [1.29, 1.82) is 0 Å². The Morgan fingerprint density at radius 3 is 2.20 bits per heavy atom. The maximum Gasteiger partial charge on any atom is 0.251 e. The fraction of sp³-hybridized carbons (Fsp3) is 0.424. The Balaban J connectivity index is 1.67. The minimum Gasteiger partial charge on any atom is -0.508 e. The summed E-state index contributed by atoms with van der Waals surface area (Å²) >= 11 is 0. The van der Waals surface area contributed by atoms with Gasteiger partial charge in [-0.2, -0.15) is 0 Å². The van der Waals surface area contributed by atoms with Gasteiger partial charge < -0.3 is 25.3 Å². The average Bonchev–Trinajstić information content (AvgIpc) is 2.85. The lowest BCUT2D eigenvalue weighted by Gasteiger charge is -2.40. The molecule has 0 radical (unpaired) electrons. The number of nitrogens with one attached hydrogen (secondary N) is 2. The summed E-state index contributed by atoms with van der Waals surface area (Å²) < 4.78 is 20.2. The van der Waals surface area contributed by atoms with E-state index in [2.05, 4.69) is 58.3 Å². The van der Waals surface area contributed by atoms with Gasteiger partial charge in [-0.25, -0.2) is 4.39 Å². The van der Waals surface area contributed by atoms with Crippen molar-refractivity contribution in [3.05, 3.63) is 94.8 Å². The van der Waals surface area contributed by atoms with Gasteiger partial charge in [0.05, 0.1) is 6.10 Å². The fourth-order valence-corrected chi connectivity index (χ4v) is 5.73. The zero-order chi connectivity index (χ0) is 30.4. The molecule has 3 aromatic carbocycles. The van der Waals surface area contributed by atoms with E-state index in [9.17, 15) is 19.4 Å². The molecule has 3 aromatic rings. The molecule has 0 spiro atoms. The lowest BCUT2D eigenvalue weighted by atomic mass is 9.93. The van der Waals surface area contributed by atoms with Crippen molar-refractivity contribution >= 4 is 14.2 Å². The van der Waals surface area contributed by atoms with Crippen LogP contribution in [-0.2, 0) is 17.3 Å². The number of phenolic OH excluding ortho intramolecular Hbond substituents is 2. The van der Waals surface area contributed by atoms with Gasteiger partial charge in [0.25, 0.3) is 5.91 Å². The van der Waals surface area contributed by atoms with Crippen molar-refractivity contribution < 1.29 is 23.8 Å². The fourth-order valence-electron chi connectivity index (χ4n) is 4.44. The molecule has 1 amide bonds. The van der Waals surface area contributed by atoms with Crippen LogP contribution in [0.1, 0.15) is 67.8 Å². The van der Waals surface area contributed by atoms with Gasteiger partial charge >= 0.3 is 0 Å². The van der Waals surface area contributed by atoms with E-state index >= 15 is 0 Å². The molecule has 6 nitrogen and oxygen atoms in total. The molecular weight excluding hydrogens is 535 g/mol. The molecule has 0 unspecified atom stereocenters. The van der Waals surface area contributed by atoms with Crippen LogP contribution in [0.4, 0.5) is 4.39 Å². The Kier molecular flexibility index (Phi) is 10.4. The van der Waals surface area contributed by atoms with Gasteiger partial charge in [-0.1, -0.05) is 45.0 Å². The Morgan fingerprint density at radius 2 is 1.56 bits per heavy atom. The highest BCUT2D eigenvalue weighted by Gasteiger charge is 2.40. The summed E-state index contributed by atoms with van der Waals surface area (Å²) in [7, 11) is -2.18. The molecule has 41 heavy (non-hydrogen) atoms. The standard InChI is InChI=1S/C33H45FN2O4Si/c1-32(2,3)41(6,7)40-30(26-18-28(37)20-29(38)19-26)22-36-33(4,5)21-24-11-8-12-25(16-24)31(39)35-15-14-23-10-9-13-27(34)17-23/h8-13,16-20,30,36-38H,14-15,21-22H2,1-7H3,(H,35,39)/t30-/m0/s1. The van der Waals surface area contributed by atoms with Gasteiger partial charge in [0.1, 0.15) is 17.3 Å². The highest BCUT2D eigenvalue weighted by Crippen LogP contribution is 2.40. The summed E-state index contributed by atoms with van der Waals surface area (Å²) in [6, 6.07) is 18.6. The van der Waals surface area contributed by atoms with Crippen molar-refractivity contribution in [2.45, 2.75) is 77.2 Å². The van der Waals surface area contributed by atoms with Crippen LogP contribution in [0.3, 0.4) is 0 Å². The molecule has 0 aromatic heterocycles. The first-order chi connectivity index (χ1) is 19.0. The maximum atomic E-state index is 13.4. The molecule has 0 saturated heterocycles. The lowest BCUT2D eigenvalue weighted by molar-refractivity contribution is 0.0954. The first kappa shape index (κ1) is 32.3. The second-order valence-corrected chi connectivity index (χ2v) is 17.7. The second-order valence-electron chi connectivity index (χ2n) is 12.9. The van der Waals surface area contributed by atoms with Crippen molar-refractivity contribution in [2.24, 2.45) is 0 Å². The molecule has 0 aliphatic rings. The monoisotopic (exact) mass is 580 g/mol. The molecule has 0 saturated carbocycles. The van der Waals surface area contributed by atoms with Gasteiger partial charge in [-0.15, -0.1) is 0 Å². The van der Waals surface area contributed by atoms with Crippen LogP contribution in [0, 0.1) is 5.82 Å². The number of phenols is 2. The average molecular weight is 581 g/mol. The molecular formula is C33H45FN2O4Si. The summed E-state index contributed by atoms with van der Waals surface area (Å²) in [5.41, 5.74) is 2.79. The number of benzene rings is 3. The number of amides is 1. The van der Waals surface area contributed by atoms with Crippen molar-refractivity contribution in [3.8, 4) is 11.5 Å². The van der Waals surface area contributed by atoms with Crippen LogP contribution >= 0.6 is 0 Å². The van der Waals surface area contributed by atoms with Crippen LogP contribution in [0.2, 0.25) is 18.1 Å². The molecule has 0 fully saturated rings. The van der Waals surface area contributed by atoms with E-state index in [4.69, 9.17) is 4.43 Å². The molecule has 8 heteroatoms. The summed E-state index contributed by atoms with van der Waals surface area (Å²) in [5.74, 6) is -0.459. The lowest BCUT2D eigenvalue weighted by Crippen LogP contribution is -2.47. The van der Waals surface area contributed by atoms with Crippen molar-refractivity contribution in [1.82, 2.24) is 10.6 Å². The summed E-state index contributed by atoms with van der Waals surface area (Å²) in [5, 5.41) is 26.8. The van der Waals surface area contributed by atoms with E-state index < -0.39 is 8.32 Å². The zero-order valence-corrected chi connectivity index (χ0v) is 26.3. The first-order valence-electron chi connectivity index (χ1n) is 14.1. The third-order valence-electron chi connectivity index (χ3n) is 7.73. The number of hydrogen-bond donors (Lipinski definition) is 4. The van der Waals surface area contributed by atoms with E-state index in [-0.39, 0.29) is 39.9 Å². The van der Waals surface area contributed by atoms with Gasteiger partial charge in [-0.05, 0) is 97.9 Å². The molecule has 3 rings (SSSR count). The largest absolute Gasteiger partial charge is 0.508 e. The third-order valence-corrected chi connectivity index (χ3v) is 12.2. The SMILES string of the molecule is CC(C)(Cc1cccc(C(=O)NCCc2cccc(F)c2)c1)NC[C@H](O[Si](C)(C)C(C)(C)C)c1cc(O)cc(O)c1. The predicted molar refractivity (Wildman–Crippen MR) is 165 cm³/mol. The van der Waals surface area contributed by atoms with Crippen LogP contribution in [0.25, 0.3) is 0 Å². The van der Waals surface area contributed by atoms with Gasteiger partial charge in [0.2, 0.25) is 0 Å². The van der Waals surface area contributed by atoms with E-state index in [0.717, 1.165) is 11.1 Å². The zero-order valence-electron chi connectivity index (χ0n) is 25.3. The number of rotatable bonds is 12.